The second-order valence-corrected chi connectivity index (χ2v) is 9.83. The highest BCUT2D eigenvalue weighted by Gasteiger charge is 2.13. The third-order valence-electron chi connectivity index (χ3n) is 6.85. The fourth-order valence-corrected chi connectivity index (χ4v) is 4.95. The predicted octanol–water partition coefficient (Wildman–Crippen LogP) is 9.03. The molecule has 0 radical (unpaired) electrons. The van der Waals surface area contributed by atoms with Gasteiger partial charge >= 0.3 is 0 Å². The summed E-state index contributed by atoms with van der Waals surface area (Å²) in [6, 6.07) is 7.06. The third-order valence-corrected chi connectivity index (χ3v) is 6.85. The summed E-state index contributed by atoms with van der Waals surface area (Å²) in [5, 5.41) is 0. The molecule has 1 aromatic carbocycles. The topological polar surface area (TPSA) is 57.5 Å². The van der Waals surface area contributed by atoms with Gasteiger partial charge in [0.1, 0.15) is 0 Å². The molecule has 1 atom stereocenters. The number of unbranched alkanes of at least 4 members (excludes halogenated alkanes) is 14. The number of nitrogens with two attached hydrogens (primary N) is 1. The molecule has 188 valence electrons. The zero-order valence-electron chi connectivity index (χ0n) is 22.0. The lowest BCUT2D eigenvalue weighted by Crippen LogP contribution is -2.14. The van der Waals surface area contributed by atoms with E-state index in [2.05, 4.69) is 39.0 Å². The molecular formula is C30H57NO. The number of hydrogen-bond acceptors (Lipinski definition) is 1. The molecule has 2 nitrogen and oxygen atoms in total. The van der Waals surface area contributed by atoms with Gasteiger partial charge in [-0.15, -0.1) is 0 Å². The Balaban J connectivity index is 0.00000961. The van der Waals surface area contributed by atoms with Crippen molar-refractivity contribution in [1.82, 2.24) is 0 Å². The minimum atomic E-state index is 0. The van der Waals surface area contributed by atoms with Crippen molar-refractivity contribution in [2.75, 3.05) is 0 Å². The van der Waals surface area contributed by atoms with E-state index in [1.54, 1.807) is 5.56 Å². The van der Waals surface area contributed by atoms with Crippen LogP contribution in [0.5, 0.6) is 0 Å². The van der Waals surface area contributed by atoms with Crippen LogP contribution < -0.4 is 5.73 Å². The average Bonchev–Trinajstić information content (AvgIpc) is 2.77. The summed E-state index contributed by atoms with van der Waals surface area (Å²) in [6.45, 7) is 6.86. The van der Waals surface area contributed by atoms with Crippen molar-refractivity contribution in [1.29, 1.82) is 0 Å². The van der Waals surface area contributed by atoms with Crippen molar-refractivity contribution in [2.24, 2.45) is 5.73 Å². The first-order valence-electron chi connectivity index (χ1n) is 14.1. The summed E-state index contributed by atoms with van der Waals surface area (Å²) in [5.41, 5.74) is 11.2. The van der Waals surface area contributed by atoms with Crippen molar-refractivity contribution in [3.8, 4) is 0 Å². The van der Waals surface area contributed by atoms with Crippen LogP contribution in [0.2, 0.25) is 0 Å². The number of aryl methyl sites for hydroxylation is 1. The molecule has 32 heavy (non-hydrogen) atoms. The molecule has 1 unspecified atom stereocenters. The molecule has 0 amide bonds. The van der Waals surface area contributed by atoms with Crippen LogP contribution in [0.1, 0.15) is 159 Å². The Morgan fingerprint density at radius 1 is 0.594 bits per heavy atom. The van der Waals surface area contributed by atoms with Gasteiger partial charge in [-0.25, -0.2) is 0 Å². The van der Waals surface area contributed by atoms with Gasteiger partial charge in [0.05, 0.1) is 0 Å². The largest absolute Gasteiger partial charge is 0.412 e. The van der Waals surface area contributed by atoms with Crippen LogP contribution in [0, 0.1) is 0 Å². The van der Waals surface area contributed by atoms with Crippen LogP contribution in [0.4, 0.5) is 0 Å². The summed E-state index contributed by atoms with van der Waals surface area (Å²) >= 11 is 0. The van der Waals surface area contributed by atoms with Crippen molar-refractivity contribution in [3.63, 3.8) is 0 Å². The van der Waals surface area contributed by atoms with E-state index in [1.165, 1.54) is 133 Å². The van der Waals surface area contributed by atoms with Crippen molar-refractivity contribution in [3.05, 3.63) is 34.9 Å². The normalized spacial score (nSPS) is 12.0. The predicted molar refractivity (Wildman–Crippen MR) is 145 cm³/mol. The van der Waals surface area contributed by atoms with Crippen LogP contribution in [-0.4, -0.2) is 5.48 Å². The maximum Gasteiger partial charge on any atom is 0.0297 e. The van der Waals surface area contributed by atoms with Crippen molar-refractivity contribution >= 4 is 0 Å². The Morgan fingerprint density at radius 2 is 1.06 bits per heavy atom. The molecule has 2 heteroatoms. The first-order valence-corrected chi connectivity index (χ1v) is 14.1. The fourth-order valence-electron chi connectivity index (χ4n) is 4.95. The fraction of sp³-hybridized carbons (Fsp3) is 0.800. The minimum Gasteiger partial charge on any atom is -0.412 e. The summed E-state index contributed by atoms with van der Waals surface area (Å²) < 4.78 is 0. The molecule has 0 fully saturated rings. The van der Waals surface area contributed by atoms with Gasteiger partial charge in [-0.1, -0.05) is 148 Å². The lowest BCUT2D eigenvalue weighted by atomic mass is 9.89. The Bertz CT molecular complexity index is 528. The monoisotopic (exact) mass is 447 g/mol. The second kappa shape index (κ2) is 22.0. The van der Waals surface area contributed by atoms with Gasteiger partial charge < -0.3 is 11.2 Å². The average molecular weight is 448 g/mol. The summed E-state index contributed by atoms with van der Waals surface area (Å²) in [4.78, 5) is 0. The number of hydrogen-bond donors (Lipinski definition) is 1. The molecule has 0 spiro atoms. The molecule has 0 saturated heterocycles. The zero-order valence-corrected chi connectivity index (χ0v) is 22.0. The van der Waals surface area contributed by atoms with E-state index < -0.39 is 0 Å². The molecule has 0 saturated carbocycles. The SMILES string of the molecule is CCCCCCCCCCCCCCCCCC(N)c1cccc(CCC)c1CCC.O. The molecule has 4 N–H and O–H groups in total. The van der Waals surface area contributed by atoms with Crippen LogP contribution in [0.25, 0.3) is 0 Å². The lowest BCUT2D eigenvalue weighted by molar-refractivity contribution is 0.518. The highest BCUT2D eigenvalue weighted by molar-refractivity contribution is 5.37. The Morgan fingerprint density at radius 3 is 1.53 bits per heavy atom. The van der Waals surface area contributed by atoms with Crippen molar-refractivity contribution in [2.45, 2.75) is 155 Å². The van der Waals surface area contributed by atoms with Crippen LogP contribution in [0.3, 0.4) is 0 Å². The first kappa shape index (κ1) is 31.1. The van der Waals surface area contributed by atoms with Gasteiger partial charge in [-0.2, -0.15) is 0 Å². The molecule has 0 heterocycles. The third kappa shape index (κ3) is 14.3. The highest BCUT2D eigenvalue weighted by atomic mass is 16.0. The summed E-state index contributed by atoms with van der Waals surface area (Å²) in [7, 11) is 0. The molecule has 1 rings (SSSR count). The minimum absolute atomic E-state index is 0. The van der Waals surface area contributed by atoms with Gasteiger partial charge in [0.2, 0.25) is 0 Å². The number of benzene rings is 1. The van der Waals surface area contributed by atoms with Gasteiger partial charge in [0.25, 0.3) is 0 Å². The molecule has 0 bridgehead atoms. The van der Waals surface area contributed by atoms with Crippen LogP contribution >= 0.6 is 0 Å². The van der Waals surface area contributed by atoms with E-state index in [4.69, 9.17) is 5.73 Å². The van der Waals surface area contributed by atoms with Gasteiger partial charge in [-0.3, -0.25) is 0 Å². The van der Waals surface area contributed by atoms with E-state index in [1.807, 2.05) is 0 Å². The second-order valence-electron chi connectivity index (χ2n) is 9.83. The first-order chi connectivity index (χ1) is 15.2. The number of rotatable bonds is 21. The van der Waals surface area contributed by atoms with E-state index in [-0.39, 0.29) is 11.5 Å². The van der Waals surface area contributed by atoms with Gasteiger partial charge in [-0.05, 0) is 36.0 Å². The van der Waals surface area contributed by atoms with E-state index >= 15 is 0 Å². The van der Waals surface area contributed by atoms with E-state index in [9.17, 15) is 0 Å². The van der Waals surface area contributed by atoms with E-state index in [0.717, 1.165) is 6.42 Å². The van der Waals surface area contributed by atoms with Gasteiger partial charge in [0.15, 0.2) is 0 Å². The molecule has 0 aliphatic rings. The molecule has 0 aromatic heterocycles. The highest BCUT2D eigenvalue weighted by Crippen LogP contribution is 2.26. The van der Waals surface area contributed by atoms with E-state index in [0.29, 0.717) is 0 Å². The lowest BCUT2D eigenvalue weighted by Gasteiger charge is -2.19. The standard InChI is InChI=1S/C30H55N.H2O/c1-4-7-8-9-10-11-12-13-14-15-16-17-18-19-20-26-30(31)29-25-21-24-27(22-5-2)28(29)23-6-3;/h21,24-25,30H,4-20,22-23,26,31H2,1-3H3;1H2. The summed E-state index contributed by atoms with van der Waals surface area (Å²) in [6.07, 6.45) is 27.3. The van der Waals surface area contributed by atoms with Crippen molar-refractivity contribution < 1.29 is 5.48 Å². The van der Waals surface area contributed by atoms with Gasteiger partial charge in [0, 0.05) is 6.04 Å². The molecule has 0 aliphatic carbocycles. The smallest absolute Gasteiger partial charge is 0.0297 e. The Kier molecular flexibility index (Phi) is 21.4. The molecule has 0 aliphatic heterocycles. The maximum absolute atomic E-state index is 6.65. The Labute approximate surface area is 201 Å². The quantitative estimate of drug-likeness (QED) is 0.188. The molecule has 1 aromatic rings. The molecular weight excluding hydrogens is 390 g/mol. The summed E-state index contributed by atoms with van der Waals surface area (Å²) in [5.74, 6) is 0. The maximum atomic E-state index is 6.65. The zero-order chi connectivity index (χ0) is 22.6. The Hall–Kier alpha value is -0.860. The van der Waals surface area contributed by atoms with Crippen LogP contribution in [-0.2, 0) is 12.8 Å². The van der Waals surface area contributed by atoms with Crippen LogP contribution in [0.15, 0.2) is 18.2 Å².